The first-order valence-corrected chi connectivity index (χ1v) is 8.21. The van der Waals surface area contributed by atoms with Crippen molar-refractivity contribution in [2.45, 2.75) is 59.2 Å². The van der Waals surface area contributed by atoms with Gasteiger partial charge in [-0.05, 0) is 49.5 Å². The Morgan fingerprint density at radius 2 is 1.91 bits per heavy atom. The van der Waals surface area contributed by atoms with Crippen molar-refractivity contribution in [2.24, 2.45) is 0 Å². The second-order valence-electron chi connectivity index (χ2n) is 5.71. The molecule has 2 nitrogen and oxygen atoms in total. The van der Waals surface area contributed by atoms with Gasteiger partial charge in [-0.1, -0.05) is 50.6 Å². The van der Waals surface area contributed by atoms with Crippen LogP contribution in [0.2, 0.25) is 0 Å². The summed E-state index contributed by atoms with van der Waals surface area (Å²) in [6, 6.07) is 8.03. The zero-order valence-electron chi connectivity index (χ0n) is 14.5. The average molecular weight is 302 g/mol. The molecule has 0 aliphatic carbocycles. The molecule has 1 aromatic rings. The number of hydrogen-bond donors (Lipinski definition) is 0. The summed E-state index contributed by atoms with van der Waals surface area (Å²) in [5, 5.41) is 0. The van der Waals surface area contributed by atoms with Crippen LogP contribution >= 0.6 is 0 Å². The Labute approximate surface area is 135 Å². The fraction of sp³-hybridized carbons (Fsp3) is 0.500. The van der Waals surface area contributed by atoms with Gasteiger partial charge in [-0.2, -0.15) is 0 Å². The largest absolute Gasteiger partial charge is 0.497 e. The van der Waals surface area contributed by atoms with Gasteiger partial charge < -0.3 is 9.47 Å². The highest BCUT2D eigenvalue weighted by Crippen LogP contribution is 2.18. The van der Waals surface area contributed by atoms with Crippen LogP contribution in [-0.4, -0.2) is 13.2 Å². The minimum atomic E-state index is 0.153. The predicted molar refractivity (Wildman–Crippen MR) is 94.3 cm³/mol. The number of hydrogen-bond acceptors (Lipinski definition) is 2. The first-order valence-electron chi connectivity index (χ1n) is 8.21. The van der Waals surface area contributed by atoms with E-state index in [1.165, 1.54) is 24.0 Å². The van der Waals surface area contributed by atoms with Gasteiger partial charge in [-0.3, -0.25) is 0 Å². The summed E-state index contributed by atoms with van der Waals surface area (Å²) in [6.45, 7) is 11.3. The van der Waals surface area contributed by atoms with E-state index in [1.54, 1.807) is 7.11 Å². The topological polar surface area (TPSA) is 18.5 Å². The van der Waals surface area contributed by atoms with Gasteiger partial charge >= 0.3 is 0 Å². The molecule has 0 saturated carbocycles. The summed E-state index contributed by atoms with van der Waals surface area (Å²) in [6.07, 6.45) is 6.80. The number of benzene rings is 1. The van der Waals surface area contributed by atoms with Crippen LogP contribution in [0.25, 0.3) is 0 Å². The minimum absolute atomic E-state index is 0.153. The molecule has 22 heavy (non-hydrogen) atoms. The van der Waals surface area contributed by atoms with Gasteiger partial charge in [0.2, 0.25) is 0 Å². The number of unbranched alkanes of at least 4 members (excludes halogenated alkanes) is 1. The van der Waals surface area contributed by atoms with E-state index >= 15 is 0 Å². The van der Waals surface area contributed by atoms with Crippen LogP contribution in [0.15, 0.2) is 48.1 Å². The summed E-state index contributed by atoms with van der Waals surface area (Å²) in [4.78, 5) is 0. The summed E-state index contributed by atoms with van der Waals surface area (Å²) >= 11 is 0. The van der Waals surface area contributed by atoms with Crippen LogP contribution in [0, 0.1) is 0 Å². The molecular formula is C20H30O2. The summed E-state index contributed by atoms with van der Waals surface area (Å²) in [7, 11) is 1.68. The zero-order chi connectivity index (χ0) is 16.4. The van der Waals surface area contributed by atoms with Crippen LogP contribution in [0.1, 0.15) is 52.0 Å². The van der Waals surface area contributed by atoms with Gasteiger partial charge in [0.05, 0.1) is 19.8 Å². The monoisotopic (exact) mass is 302 g/mol. The van der Waals surface area contributed by atoms with E-state index in [1.807, 2.05) is 24.3 Å². The summed E-state index contributed by atoms with van der Waals surface area (Å²) in [5.41, 5.74) is 3.62. The van der Waals surface area contributed by atoms with Gasteiger partial charge in [0.25, 0.3) is 0 Å². The second kappa shape index (κ2) is 10.2. The van der Waals surface area contributed by atoms with E-state index in [4.69, 9.17) is 9.47 Å². The van der Waals surface area contributed by atoms with Crippen LogP contribution in [-0.2, 0) is 11.3 Å². The Balaban J connectivity index is 2.55. The molecule has 122 valence electrons. The Hall–Kier alpha value is -1.54. The Kier molecular flexibility index (Phi) is 8.61. The van der Waals surface area contributed by atoms with Gasteiger partial charge in [0.15, 0.2) is 0 Å². The summed E-state index contributed by atoms with van der Waals surface area (Å²) < 4.78 is 11.2. The molecular weight excluding hydrogens is 272 g/mol. The fourth-order valence-corrected chi connectivity index (χ4v) is 2.38. The maximum atomic E-state index is 6.07. The normalized spacial score (nSPS) is 13.0. The van der Waals surface area contributed by atoms with Crippen molar-refractivity contribution in [1.29, 1.82) is 0 Å². The molecule has 0 spiro atoms. The maximum Gasteiger partial charge on any atom is 0.118 e. The van der Waals surface area contributed by atoms with E-state index in [-0.39, 0.29) is 6.10 Å². The highest BCUT2D eigenvalue weighted by atomic mass is 16.5. The van der Waals surface area contributed by atoms with E-state index in [9.17, 15) is 0 Å². The van der Waals surface area contributed by atoms with Crippen molar-refractivity contribution >= 4 is 0 Å². The molecule has 0 N–H and O–H groups in total. The highest BCUT2D eigenvalue weighted by molar-refractivity contribution is 5.27. The Morgan fingerprint density at radius 3 is 2.45 bits per heavy atom. The third kappa shape index (κ3) is 6.48. The molecule has 1 aromatic carbocycles. The maximum absolute atomic E-state index is 6.07. The van der Waals surface area contributed by atoms with Gasteiger partial charge in [-0.25, -0.2) is 0 Å². The zero-order valence-corrected chi connectivity index (χ0v) is 14.5. The van der Waals surface area contributed by atoms with Crippen molar-refractivity contribution in [2.75, 3.05) is 7.11 Å². The SMILES string of the molecule is C=C(/C=C(\C)C(CC)OCc1ccc(OC)cc1)CCCC. The molecule has 0 heterocycles. The Bertz CT molecular complexity index is 471. The lowest BCUT2D eigenvalue weighted by Crippen LogP contribution is -2.13. The van der Waals surface area contributed by atoms with Crippen LogP contribution < -0.4 is 4.74 Å². The van der Waals surface area contributed by atoms with E-state index in [0.717, 1.165) is 24.2 Å². The molecule has 0 aromatic heterocycles. The van der Waals surface area contributed by atoms with Crippen molar-refractivity contribution in [3.05, 3.63) is 53.6 Å². The quantitative estimate of drug-likeness (QED) is 0.517. The molecule has 0 aliphatic rings. The van der Waals surface area contributed by atoms with Crippen LogP contribution in [0.3, 0.4) is 0 Å². The molecule has 1 rings (SSSR count). The summed E-state index contributed by atoms with van der Waals surface area (Å²) in [5.74, 6) is 0.874. The second-order valence-corrected chi connectivity index (χ2v) is 5.71. The molecule has 1 unspecified atom stereocenters. The molecule has 0 amide bonds. The van der Waals surface area contributed by atoms with Crippen molar-refractivity contribution < 1.29 is 9.47 Å². The number of methoxy groups -OCH3 is 1. The Morgan fingerprint density at radius 1 is 1.23 bits per heavy atom. The molecule has 0 radical (unpaired) electrons. The smallest absolute Gasteiger partial charge is 0.118 e. The number of ether oxygens (including phenoxy) is 2. The molecule has 0 fully saturated rings. The third-order valence-corrected chi connectivity index (χ3v) is 3.77. The van der Waals surface area contributed by atoms with E-state index in [2.05, 4.69) is 33.4 Å². The van der Waals surface area contributed by atoms with E-state index < -0.39 is 0 Å². The van der Waals surface area contributed by atoms with Crippen molar-refractivity contribution in [3.63, 3.8) is 0 Å². The lowest BCUT2D eigenvalue weighted by Gasteiger charge is -2.18. The standard InChI is InChI=1S/C20H30O2/c1-6-8-9-16(3)14-17(4)20(7-2)22-15-18-10-12-19(21-5)13-11-18/h10-14,20H,3,6-9,15H2,1-2,4-5H3/b17-14+. The average Bonchev–Trinajstić information content (AvgIpc) is 2.54. The van der Waals surface area contributed by atoms with Gasteiger partial charge in [-0.15, -0.1) is 0 Å². The van der Waals surface area contributed by atoms with Crippen LogP contribution in [0.4, 0.5) is 0 Å². The highest BCUT2D eigenvalue weighted by Gasteiger charge is 2.09. The lowest BCUT2D eigenvalue weighted by molar-refractivity contribution is 0.0620. The minimum Gasteiger partial charge on any atom is -0.497 e. The third-order valence-electron chi connectivity index (χ3n) is 3.77. The molecule has 0 bridgehead atoms. The number of allylic oxidation sites excluding steroid dienone is 2. The molecule has 0 saturated heterocycles. The predicted octanol–water partition coefficient (Wildman–Crippen LogP) is 5.68. The first-order chi connectivity index (χ1) is 10.6. The fourth-order valence-electron chi connectivity index (χ4n) is 2.38. The lowest BCUT2D eigenvalue weighted by atomic mass is 10.0. The number of rotatable bonds is 10. The van der Waals surface area contributed by atoms with E-state index in [0.29, 0.717) is 6.61 Å². The van der Waals surface area contributed by atoms with Gasteiger partial charge in [0.1, 0.15) is 5.75 Å². The molecule has 2 heteroatoms. The molecule has 1 atom stereocenters. The van der Waals surface area contributed by atoms with Gasteiger partial charge in [0, 0.05) is 0 Å². The van der Waals surface area contributed by atoms with Crippen molar-refractivity contribution in [3.8, 4) is 5.75 Å². The molecule has 0 aliphatic heterocycles. The van der Waals surface area contributed by atoms with Crippen molar-refractivity contribution in [1.82, 2.24) is 0 Å². The first kappa shape index (κ1) is 18.5. The van der Waals surface area contributed by atoms with Crippen LogP contribution in [0.5, 0.6) is 5.75 Å².